The van der Waals surface area contributed by atoms with Crippen LogP contribution in [0.4, 0.5) is 11.5 Å². The monoisotopic (exact) mass is 468 g/mol. The van der Waals surface area contributed by atoms with Crippen LogP contribution in [-0.2, 0) is 17.9 Å². The fraction of sp³-hybridized carbons (Fsp3) is 0.150. The Morgan fingerprint density at radius 3 is 2.77 bits per heavy atom. The van der Waals surface area contributed by atoms with Gasteiger partial charge in [0.1, 0.15) is 11.0 Å². The van der Waals surface area contributed by atoms with Gasteiger partial charge in [0.2, 0.25) is 5.91 Å². The molecule has 2 aromatic carbocycles. The number of hydrogen-bond donors (Lipinski definition) is 1. The van der Waals surface area contributed by atoms with Crippen molar-refractivity contribution in [2.75, 3.05) is 5.32 Å². The average molecular weight is 469 g/mol. The molecule has 0 saturated heterocycles. The van der Waals surface area contributed by atoms with Gasteiger partial charge >= 0.3 is 5.82 Å². The molecule has 1 amide bonds. The molecule has 0 spiro atoms. The van der Waals surface area contributed by atoms with E-state index < -0.39 is 4.92 Å². The van der Waals surface area contributed by atoms with Gasteiger partial charge in [-0.2, -0.15) is 9.78 Å². The first kappa shape index (κ1) is 19.8. The maximum Gasteiger partial charge on any atom is 0.404 e. The van der Waals surface area contributed by atoms with Gasteiger partial charge in [-0.1, -0.05) is 42.5 Å². The summed E-state index contributed by atoms with van der Waals surface area (Å²) >= 11 is 3.14. The van der Waals surface area contributed by atoms with Crippen molar-refractivity contribution >= 4 is 44.1 Å². The lowest BCUT2D eigenvalue weighted by Gasteiger charge is -2.06. The molecule has 10 heteroatoms. The van der Waals surface area contributed by atoms with E-state index in [1.54, 1.807) is 24.0 Å². The highest BCUT2D eigenvalue weighted by Gasteiger charge is 2.24. The number of fused-ring (bicyclic) bond motifs is 1. The summed E-state index contributed by atoms with van der Waals surface area (Å²) in [6, 6.07) is 14.3. The number of nitrogens with zero attached hydrogens (tertiary/aromatic N) is 5. The summed E-state index contributed by atoms with van der Waals surface area (Å²) in [4.78, 5) is 22.8. The molecule has 2 heterocycles. The third kappa shape index (κ3) is 3.94. The van der Waals surface area contributed by atoms with Gasteiger partial charge in [-0.25, -0.2) is 0 Å². The van der Waals surface area contributed by atoms with Crippen LogP contribution in [0.1, 0.15) is 11.3 Å². The molecule has 9 nitrogen and oxygen atoms in total. The summed E-state index contributed by atoms with van der Waals surface area (Å²) in [5.41, 5.74) is 2.17. The van der Waals surface area contributed by atoms with Crippen molar-refractivity contribution in [3.63, 3.8) is 0 Å². The lowest BCUT2D eigenvalue weighted by atomic mass is 10.0. The first-order valence-corrected chi connectivity index (χ1v) is 9.88. The molecule has 0 bridgehead atoms. The fourth-order valence-electron chi connectivity index (χ4n) is 3.23. The quantitative estimate of drug-likeness (QED) is 0.341. The molecule has 4 rings (SSSR count). The van der Waals surface area contributed by atoms with Crippen molar-refractivity contribution in [3.8, 4) is 0 Å². The van der Waals surface area contributed by atoms with Crippen LogP contribution < -0.4 is 5.32 Å². The maximum absolute atomic E-state index is 12.4. The van der Waals surface area contributed by atoms with Crippen LogP contribution in [0.3, 0.4) is 0 Å². The molecule has 30 heavy (non-hydrogen) atoms. The van der Waals surface area contributed by atoms with Gasteiger partial charge in [0.05, 0.1) is 29.2 Å². The van der Waals surface area contributed by atoms with Crippen LogP contribution in [0.15, 0.2) is 59.3 Å². The average Bonchev–Trinajstić information content (AvgIpc) is 3.27. The van der Waals surface area contributed by atoms with E-state index in [0.717, 1.165) is 16.3 Å². The lowest BCUT2D eigenvalue weighted by Crippen LogP contribution is -2.20. The number of amides is 1. The van der Waals surface area contributed by atoms with E-state index >= 15 is 0 Å². The molecule has 0 saturated carbocycles. The summed E-state index contributed by atoms with van der Waals surface area (Å²) in [5.74, 6) is -0.670. The molecule has 1 N–H and O–H groups in total. The number of rotatable bonds is 6. The van der Waals surface area contributed by atoms with Gasteiger partial charge in [-0.3, -0.25) is 9.48 Å². The first-order valence-electron chi connectivity index (χ1n) is 9.08. The minimum atomic E-state index is -0.594. The number of hydrogen-bond acceptors (Lipinski definition) is 5. The van der Waals surface area contributed by atoms with Crippen LogP contribution in [0.25, 0.3) is 10.8 Å². The maximum atomic E-state index is 12.4. The molecule has 0 aliphatic heterocycles. The molecule has 152 valence electrons. The van der Waals surface area contributed by atoms with Gasteiger partial charge < -0.3 is 15.4 Å². The second kappa shape index (κ2) is 8.07. The van der Waals surface area contributed by atoms with Crippen molar-refractivity contribution in [1.29, 1.82) is 0 Å². The summed E-state index contributed by atoms with van der Waals surface area (Å²) < 4.78 is 3.30. The van der Waals surface area contributed by atoms with Crippen LogP contribution >= 0.6 is 15.9 Å². The molecule has 0 unspecified atom stereocenters. The van der Waals surface area contributed by atoms with Crippen molar-refractivity contribution in [3.05, 3.63) is 80.7 Å². The normalized spacial score (nSPS) is 11.0. The highest BCUT2D eigenvalue weighted by Crippen LogP contribution is 2.27. The summed E-state index contributed by atoms with van der Waals surface area (Å²) in [6.45, 7) is 2.07. The predicted octanol–water partition coefficient (Wildman–Crippen LogP) is 3.90. The van der Waals surface area contributed by atoms with Gasteiger partial charge in [0.25, 0.3) is 0 Å². The Hall–Kier alpha value is -3.53. The van der Waals surface area contributed by atoms with E-state index in [4.69, 9.17) is 0 Å². The predicted molar refractivity (Wildman–Crippen MR) is 115 cm³/mol. The van der Waals surface area contributed by atoms with Crippen LogP contribution in [0, 0.1) is 17.0 Å². The SMILES string of the molecule is Cc1c(Br)c([N+](=O)[O-])nn1CC(=O)Nc1cnn(Cc2cccc3ccccc23)c1. The number of carbonyl (C=O) groups excluding carboxylic acids is 1. The first-order chi connectivity index (χ1) is 14.4. The smallest absolute Gasteiger partial charge is 0.358 e. The molecular weight excluding hydrogens is 452 g/mol. The number of benzene rings is 2. The second-order valence-electron chi connectivity index (χ2n) is 6.75. The van der Waals surface area contributed by atoms with Crippen molar-refractivity contribution in [1.82, 2.24) is 19.6 Å². The molecule has 4 aromatic rings. The largest absolute Gasteiger partial charge is 0.404 e. The molecule has 0 aliphatic rings. The van der Waals surface area contributed by atoms with Gasteiger partial charge in [-0.15, -0.1) is 0 Å². The Morgan fingerprint density at radius 1 is 1.23 bits per heavy atom. The van der Waals surface area contributed by atoms with E-state index in [-0.39, 0.29) is 22.7 Å². The number of halogens is 1. The topological polar surface area (TPSA) is 108 Å². The van der Waals surface area contributed by atoms with E-state index in [9.17, 15) is 14.9 Å². The van der Waals surface area contributed by atoms with Crippen molar-refractivity contribution in [2.45, 2.75) is 20.0 Å². The third-order valence-corrected chi connectivity index (χ3v) is 5.64. The number of anilines is 1. The van der Waals surface area contributed by atoms with Gasteiger partial charge in [0.15, 0.2) is 0 Å². The minimum Gasteiger partial charge on any atom is -0.358 e. The fourth-order valence-corrected chi connectivity index (χ4v) is 3.66. The molecular formula is C20H17BrN6O3. The van der Waals surface area contributed by atoms with Crippen LogP contribution in [0.2, 0.25) is 0 Å². The van der Waals surface area contributed by atoms with Gasteiger partial charge in [-0.05, 0) is 44.1 Å². The number of carbonyl (C=O) groups is 1. The highest BCUT2D eigenvalue weighted by molar-refractivity contribution is 9.10. The zero-order valence-electron chi connectivity index (χ0n) is 15.9. The molecule has 0 fully saturated rings. The molecule has 0 atom stereocenters. The van der Waals surface area contributed by atoms with Crippen LogP contribution in [-0.4, -0.2) is 30.4 Å². The van der Waals surface area contributed by atoms with Gasteiger partial charge in [0, 0.05) is 6.20 Å². The van der Waals surface area contributed by atoms with E-state index in [1.165, 1.54) is 4.68 Å². The Balaban J connectivity index is 1.45. The standard InChI is InChI=1S/C20H17BrN6O3/c1-13-19(21)20(27(29)30)24-26(13)12-18(28)23-16-9-22-25(11-16)10-15-7-4-6-14-5-2-3-8-17(14)15/h2-9,11H,10,12H2,1H3,(H,23,28). The molecule has 0 aliphatic carbocycles. The van der Waals surface area contributed by atoms with Crippen LogP contribution in [0.5, 0.6) is 0 Å². The molecule has 0 radical (unpaired) electrons. The minimum absolute atomic E-state index is 0.146. The highest BCUT2D eigenvalue weighted by atomic mass is 79.9. The number of aromatic nitrogens is 4. The third-order valence-electron chi connectivity index (χ3n) is 4.71. The summed E-state index contributed by atoms with van der Waals surface area (Å²) in [7, 11) is 0. The second-order valence-corrected chi connectivity index (χ2v) is 7.54. The summed E-state index contributed by atoms with van der Waals surface area (Å²) in [6.07, 6.45) is 3.31. The van der Waals surface area contributed by atoms with E-state index in [2.05, 4.69) is 49.6 Å². The Kier molecular flexibility index (Phi) is 5.32. The lowest BCUT2D eigenvalue weighted by molar-refractivity contribution is -0.390. The van der Waals surface area contributed by atoms with E-state index in [1.807, 2.05) is 24.3 Å². The Morgan fingerprint density at radius 2 is 2.00 bits per heavy atom. The molecule has 2 aromatic heterocycles. The zero-order valence-corrected chi connectivity index (χ0v) is 17.5. The number of nitro groups is 1. The zero-order chi connectivity index (χ0) is 21.3. The van der Waals surface area contributed by atoms with E-state index in [0.29, 0.717) is 17.9 Å². The van der Waals surface area contributed by atoms with Crippen molar-refractivity contribution < 1.29 is 9.72 Å². The number of nitrogens with one attached hydrogen (secondary N) is 1. The Labute approximate surface area is 179 Å². The summed E-state index contributed by atoms with van der Waals surface area (Å²) in [5, 5.41) is 24.2. The van der Waals surface area contributed by atoms with Crippen molar-refractivity contribution in [2.24, 2.45) is 0 Å². The Bertz CT molecular complexity index is 1260.